The Hall–Kier alpha value is -3.14. The summed E-state index contributed by atoms with van der Waals surface area (Å²) in [6.45, 7) is 0. The van der Waals surface area contributed by atoms with Crippen molar-refractivity contribution in [2.45, 2.75) is 18.8 Å². The number of aldehydes is 1. The van der Waals surface area contributed by atoms with Crippen LogP contribution in [-0.4, -0.2) is 28.1 Å². The van der Waals surface area contributed by atoms with Gasteiger partial charge in [-0.3, -0.25) is 9.59 Å². The van der Waals surface area contributed by atoms with Gasteiger partial charge >= 0.3 is 0 Å². The number of benzene rings is 2. The summed E-state index contributed by atoms with van der Waals surface area (Å²) in [4.78, 5) is 44.5. The molecule has 4 aromatic rings. The van der Waals surface area contributed by atoms with Crippen LogP contribution >= 0.6 is 34.3 Å². The molecule has 2 aromatic carbocycles. The number of rotatable bonds is 8. The first kappa shape index (κ1) is 22.1. The summed E-state index contributed by atoms with van der Waals surface area (Å²) >= 11 is 8.73. The van der Waals surface area contributed by atoms with E-state index in [9.17, 15) is 14.4 Å². The van der Waals surface area contributed by atoms with E-state index in [0.717, 1.165) is 16.5 Å². The molecule has 162 valence electrons. The second-order valence-electron chi connectivity index (χ2n) is 6.87. The number of nitrogens with one attached hydrogen (secondary N) is 2. The van der Waals surface area contributed by atoms with Gasteiger partial charge in [-0.25, -0.2) is 9.97 Å². The van der Waals surface area contributed by atoms with Crippen molar-refractivity contribution in [2.24, 2.45) is 0 Å². The minimum Gasteiger partial charge on any atom is -0.321 e. The first-order valence-corrected chi connectivity index (χ1v) is 11.8. The fourth-order valence-electron chi connectivity index (χ4n) is 3.18. The molecule has 2 aromatic heterocycles. The van der Waals surface area contributed by atoms with Crippen LogP contribution in [0.15, 0.2) is 53.4 Å². The number of hydrogen-bond donors (Lipinski definition) is 2. The van der Waals surface area contributed by atoms with Gasteiger partial charge in [0.25, 0.3) is 5.91 Å². The molecule has 2 heterocycles. The summed E-state index contributed by atoms with van der Waals surface area (Å²) in [5, 5.41) is 8.30. The Bertz CT molecular complexity index is 1270. The van der Waals surface area contributed by atoms with Gasteiger partial charge in [-0.05, 0) is 42.3 Å². The van der Waals surface area contributed by atoms with Crippen molar-refractivity contribution >= 4 is 73.4 Å². The third kappa shape index (κ3) is 5.18. The predicted molar refractivity (Wildman–Crippen MR) is 128 cm³/mol. The Morgan fingerprint density at radius 1 is 1.16 bits per heavy atom. The van der Waals surface area contributed by atoms with Crippen LogP contribution in [-0.2, 0) is 9.59 Å². The van der Waals surface area contributed by atoms with Crippen LogP contribution in [0, 0.1) is 0 Å². The number of thiazole rings is 2. The molecule has 0 radical (unpaired) electrons. The fraction of sp³-hybridized carbons (Fsp3) is 0.136. The Labute approximate surface area is 196 Å². The lowest BCUT2D eigenvalue weighted by molar-refractivity contribution is -0.117. The second-order valence-corrected chi connectivity index (χ2v) is 9.06. The molecular formula is C22H17ClN4O3S2. The highest BCUT2D eigenvalue weighted by Crippen LogP contribution is 2.31. The number of carbonyl (C=O) groups excluding carboxylic acids is 3. The van der Waals surface area contributed by atoms with Crippen molar-refractivity contribution in [3.8, 4) is 0 Å². The number of anilines is 2. The normalized spacial score (nSPS) is 11.8. The Morgan fingerprint density at radius 3 is 2.78 bits per heavy atom. The summed E-state index contributed by atoms with van der Waals surface area (Å²) < 4.78 is 0.809. The first-order chi connectivity index (χ1) is 15.5. The van der Waals surface area contributed by atoms with Crippen molar-refractivity contribution in [3.05, 3.63) is 69.6 Å². The monoisotopic (exact) mass is 484 g/mol. The maximum absolute atomic E-state index is 13.0. The van der Waals surface area contributed by atoms with Crippen LogP contribution in [0.2, 0.25) is 5.02 Å². The van der Waals surface area contributed by atoms with E-state index in [1.54, 1.807) is 47.3 Å². The lowest BCUT2D eigenvalue weighted by Crippen LogP contribution is -2.21. The van der Waals surface area contributed by atoms with Gasteiger partial charge in [0.1, 0.15) is 12.0 Å². The highest BCUT2D eigenvalue weighted by Gasteiger charge is 2.22. The first-order valence-electron chi connectivity index (χ1n) is 9.63. The summed E-state index contributed by atoms with van der Waals surface area (Å²) in [7, 11) is 0. The molecule has 10 heteroatoms. The van der Waals surface area contributed by atoms with Gasteiger partial charge in [0.05, 0.1) is 21.6 Å². The largest absolute Gasteiger partial charge is 0.321 e. The van der Waals surface area contributed by atoms with E-state index in [1.165, 1.54) is 22.7 Å². The number of nitrogens with zero attached hydrogens (tertiary/aromatic N) is 2. The summed E-state index contributed by atoms with van der Waals surface area (Å²) in [5.74, 6) is -1.08. The van der Waals surface area contributed by atoms with Crippen molar-refractivity contribution < 1.29 is 14.4 Å². The Balaban J connectivity index is 1.51. The maximum atomic E-state index is 13.0. The highest BCUT2D eigenvalue weighted by molar-refractivity contribution is 7.22. The minimum absolute atomic E-state index is 0.256. The zero-order valence-corrected chi connectivity index (χ0v) is 19.0. The van der Waals surface area contributed by atoms with Crippen molar-refractivity contribution in [1.82, 2.24) is 9.97 Å². The van der Waals surface area contributed by atoms with Crippen LogP contribution < -0.4 is 10.6 Å². The SMILES string of the molecule is O=CCCC(C(=O)Nc1nc2ccc(NC(=O)c3cscn3)cc2s1)c1cccc(Cl)c1. The van der Waals surface area contributed by atoms with Crippen LogP contribution in [0.3, 0.4) is 0 Å². The topological polar surface area (TPSA) is 101 Å². The number of halogens is 1. The molecule has 0 bridgehead atoms. The molecule has 1 atom stereocenters. The number of amides is 2. The molecule has 2 N–H and O–H groups in total. The predicted octanol–water partition coefficient (Wildman–Crippen LogP) is 5.36. The molecule has 0 saturated carbocycles. The molecular weight excluding hydrogens is 468 g/mol. The molecule has 0 aliphatic carbocycles. The average Bonchev–Trinajstić information content (AvgIpc) is 3.43. The van der Waals surface area contributed by atoms with E-state index in [0.29, 0.717) is 33.5 Å². The second kappa shape index (κ2) is 9.99. The smallest absolute Gasteiger partial charge is 0.275 e. The number of carbonyl (C=O) groups is 3. The van der Waals surface area contributed by atoms with E-state index in [2.05, 4.69) is 20.6 Å². The third-order valence-corrected chi connectivity index (χ3v) is 6.44. The maximum Gasteiger partial charge on any atom is 0.275 e. The Morgan fingerprint density at radius 2 is 2.03 bits per heavy atom. The molecule has 0 spiro atoms. The molecule has 0 fully saturated rings. The van der Waals surface area contributed by atoms with Gasteiger partial charge in [-0.15, -0.1) is 11.3 Å². The van der Waals surface area contributed by atoms with Crippen LogP contribution in [0.25, 0.3) is 10.2 Å². The number of hydrogen-bond acceptors (Lipinski definition) is 7. The van der Waals surface area contributed by atoms with E-state index < -0.39 is 5.92 Å². The van der Waals surface area contributed by atoms with Gasteiger partial charge in [-0.1, -0.05) is 35.1 Å². The molecule has 0 saturated heterocycles. The Kier molecular flexibility index (Phi) is 6.89. The van der Waals surface area contributed by atoms with Crippen LogP contribution in [0.4, 0.5) is 10.8 Å². The molecule has 2 amide bonds. The van der Waals surface area contributed by atoms with E-state index in [-0.39, 0.29) is 18.2 Å². The van der Waals surface area contributed by atoms with Gasteiger partial charge in [0, 0.05) is 22.5 Å². The minimum atomic E-state index is -0.529. The molecule has 7 nitrogen and oxygen atoms in total. The van der Waals surface area contributed by atoms with Crippen LogP contribution in [0.1, 0.15) is 34.8 Å². The zero-order chi connectivity index (χ0) is 22.5. The third-order valence-electron chi connectivity index (χ3n) is 4.68. The average molecular weight is 485 g/mol. The lowest BCUT2D eigenvalue weighted by Gasteiger charge is -2.15. The number of aromatic nitrogens is 2. The molecule has 0 aliphatic heterocycles. The molecule has 32 heavy (non-hydrogen) atoms. The summed E-state index contributed by atoms with van der Waals surface area (Å²) in [6, 6.07) is 12.4. The van der Waals surface area contributed by atoms with Gasteiger partial charge in [-0.2, -0.15) is 0 Å². The number of fused-ring (bicyclic) bond motifs is 1. The summed E-state index contributed by atoms with van der Waals surface area (Å²) in [6.07, 6.45) is 1.42. The highest BCUT2D eigenvalue weighted by atomic mass is 35.5. The van der Waals surface area contributed by atoms with Crippen molar-refractivity contribution in [1.29, 1.82) is 0 Å². The van der Waals surface area contributed by atoms with Gasteiger partial charge in [0.2, 0.25) is 5.91 Å². The summed E-state index contributed by atoms with van der Waals surface area (Å²) in [5.41, 5.74) is 4.01. The lowest BCUT2D eigenvalue weighted by atomic mass is 9.93. The van der Waals surface area contributed by atoms with Gasteiger partial charge in [0.15, 0.2) is 5.13 Å². The van der Waals surface area contributed by atoms with Gasteiger partial charge < -0.3 is 15.4 Å². The quantitative estimate of drug-likeness (QED) is 0.328. The molecule has 0 aliphatic rings. The van der Waals surface area contributed by atoms with E-state index in [4.69, 9.17) is 11.6 Å². The fourth-order valence-corrected chi connectivity index (χ4v) is 4.81. The van der Waals surface area contributed by atoms with Crippen LogP contribution in [0.5, 0.6) is 0 Å². The van der Waals surface area contributed by atoms with Crippen molar-refractivity contribution in [3.63, 3.8) is 0 Å². The molecule has 4 rings (SSSR count). The zero-order valence-electron chi connectivity index (χ0n) is 16.6. The van der Waals surface area contributed by atoms with E-state index >= 15 is 0 Å². The molecule has 1 unspecified atom stereocenters. The van der Waals surface area contributed by atoms with Crippen molar-refractivity contribution in [2.75, 3.05) is 10.6 Å². The standard InChI is InChI=1S/C22H17ClN4O3S2/c23-14-4-1-3-13(9-14)16(5-2-8-28)20(29)27-22-26-17-7-6-15(10-19(17)32-22)25-21(30)18-11-31-12-24-18/h1,3-4,6-12,16H,2,5H2,(H,25,30)(H,26,27,29). The van der Waals surface area contributed by atoms with E-state index in [1.807, 2.05) is 6.07 Å².